The van der Waals surface area contributed by atoms with Gasteiger partial charge in [0.25, 0.3) is 5.91 Å². The van der Waals surface area contributed by atoms with Gasteiger partial charge in [0.2, 0.25) is 5.88 Å². The standard InChI is InChI=1S/C25H26N6O4S/c1-30(18-6-3-16(4-7-18)25(32)29-33)15-19-13-20-22(36-19)24(31-9-11-35-12-10-31)28-23(27-20)17-5-8-21(34-2)26-14-17/h3-8,13-14,33H,9-12,15H2,1-2H3,(H,29,32). The molecule has 1 saturated heterocycles. The van der Waals surface area contributed by atoms with Crippen LogP contribution in [0.5, 0.6) is 5.88 Å². The SMILES string of the molecule is COc1ccc(-c2nc(N3CCOCC3)c3sc(CN(C)c4ccc(C(=O)NO)cc4)cc3n2)cn1. The zero-order valence-corrected chi connectivity index (χ0v) is 20.8. The molecule has 3 aromatic heterocycles. The number of aromatic nitrogens is 3. The van der Waals surface area contributed by atoms with Crippen LogP contribution >= 0.6 is 11.3 Å². The normalized spacial score (nSPS) is 13.6. The lowest BCUT2D eigenvalue weighted by atomic mass is 10.2. The van der Waals surface area contributed by atoms with Gasteiger partial charge in [-0.2, -0.15) is 0 Å². The summed E-state index contributed by atoms with van der Waals surface area (Å²) in [7, 11) is 3.58. The summed E-state index contributed by atoms with van der Waals surface area (Å²) < 4.78 is 11.8. The number of fused-ring (bicyclic) bond motifs is 1. The van der Waals surface area contributed by atoms with Gasteiger partial charge >= 0.3 is 0 Å². The van der Waals surface area contributed by atoms with E-state index >= 15 is 0 Å². The highest BCUT2D eigenvalue weighted by atomic mass is 32.1. The van der Waals surface area contributed by atoms with E-state index in [0.29, 0.717) is 37.0 Å². The highest BCUT2D eigenvalue weighted by molar-refractivity contribution is 7.19. The van der Waals surface area contributed by atoms with Crippen LogP contribution in [0.4, 0.5) is 11.5 Å². The molecule has 11 heteroatoms. The summed E-state index contributed by atoms with van der Waals surface area (Å²) in [6, 6.07) is 12.9. The number of hydrogen-bond acceptors (Lipinski definition) is 10. The first kappa shape index (κ1) is 23.9. The molecule has 4 aromatic rings. The van der Waals surface area contributed by atoms with Gasteiger partial charge in [-0.25, -0.2) is 20.4 Å². The summed E-state index contributed by atoms with van der Waals surface area (Å²) in [6.07, 6.45) is 1.73. The molecule has 0 radical (unpaired) electrons. The molecule has 0 bridgehead atoms. The van der Waals surface area contributed by atoms with Crippen molar-refractivity contribution >= 4 is 39.0 Å². The molecule has 1 amide bonds. The number of anilines is 2. The molecular formula is C25H26N6O4S. The number of benzene rings is 1. The van der Waals surface area contributed by atoms with Gasteiger partial charge in [0, 0.05) is 54.1 Å². The van der Waals surface area contributed by atoms with E-state index in [1.165, 1.54) is 0 Å². The number of hydroxylamine groups is 1. The lowest BCUT2D eigenvalue weighted by Gasteiger charge is -2.28. The molecule has 1 aromatic carbocycles. The molecule has 5 rings (SSSR count). The Morgan fingerprint density at radius 2 is 1.97 bits per heavy atom. The number of pyridine rings is 1. The Labute approximate surface area is 212 Å². The molecule has 0 unspecified atom stereocenters. The van der Waals surface area contributed by atoms with Crippen molar-refractivity contribution in [2.75, 3.05) is 50.3 Å². The monoisotopic (exact) mass is 506 g/mol. The van der Waals surface area contributed by atoms with Crippen LogP contribution in [0, 0.1) is 0 Å². The molecule has 1 fully saturated rings. The van der Waals surface area contributed by atoms with Gasteiger partial charge in [0.15, 0.2) is 11.6 Å². The van der Waals surface area contributed by atoms with E-state index in [1.807, 2.05) is 25.2 Å². The highest BCUT2D eigenvalue weighted by Crippen LogP contribution is 2.35. The van der Waals surface area contributed by atoms with Crippen LogP contribution in [-0.2, 0) is 11.3 Å². The largest absolute Gasteiger partial charge is 0.481 e. The average Bonchev–Trinajstić information content (AvgIpc) is 3.35. The Morgan fingerprint density at radius 3 is 2.64 bits per heavy atom. The van der Waals surface area contributed by atoms with E-state index in [0.717, 1.165) is 45.3 Å². The van der Waals surface area contributed by atoms with E-state index in [2.05, 4.69) is 20.9 Å². The number of amides is 1. The molecule has 1 aliphatic rings. The van der Waals surface area contributed by atoms with Crippen LogP contribution < -0.4 is 20.0 Å². The zero-order chi connectivity index (χ0) is 25.1. The van der Waals surface area contributed by atoms with E-state index in [9.17, 15) is 4.79 Å². The number of nitrogens with one attached hydrogen (secondary N) is 1. The molecule has 36 heavy (non-hydrogen) atoms. The van der Waals surface area contributed by atoms with Crippen molar-refractivity contribution in [1.29, 1.82) is 0 Å². The average molecular weight is 507 g/mol. The second-order valence-electron chi connectivity index (χ2n) is 8.33. The predicted molar refractivity (Wildman–Crippen MR) is 138 cm³/mol. The van der Waals surface area contributed by atoms with Gasteiger partial charge in [-0.15, -0.1) is 11.3 Å². The van der Waals surface area contributed by atoms with Crippen LogP contribution in [0.25, 0.3) is 21.6 Å². The first-order valence-corrected chi connectivity index (χ1v) is 12.3. The van der Waals surface area contributed by atoms with Crippen molar-refractivity contribution in [2.24, 2.45) is 0 Å². The van der Waals surface area contributed by atoms with Crippen LogP contribution in [0.1, 0.15) is 15.2 Å². The second-order valence-corrected chi connectivity index (χ2v) is 9.47. The molecule has 0 atom stereocenters. The molecule has 4 heterocycles. The minimum atomic E-state index is -0.536. The van der Waals surface area contributed by atoms with Crippen molar-refractivity contribution in [3.63, 3.8) is 0 Å². The minimum absolute atomic E-state index is 0.391. The Bertz CT molecular complexity index is 1350. The van der Waals surface area contributed by atoms with Crippen LogP contribution in [-0.4, -0.2) is 66.5 Å². The first-order chi connectivity index (χ1) is 17.6. The molecule has 0 saturated carbocycles. The van der Waals surface area contributed by atoms with E-state index in [-0.39, 0.29) is 0 Å². The fourth-order valence-electron chi connectivity index (χ4n) is 4.05. The maximum atomic E-state index is 11.6. The Hall–Kier alpha value is -3.80. The summed E-state index contributed by atoms with van der Waals surface area (Å²) in [4.78, 5) is 31.2. The Morgan fingerprint density at radius 1 is 1.19 bits per heavy atom. The Kier molecular flexibility index (Phi) is 6.94. The Balaban J connectivity index is 1.47. The number of carbonyl (C=O) groups excluding carboxylic acids is 1. The number of carbonyl (C=O) groups is 1. The minimum Gasteiger partial charge on any atom is -0.481 e. The van der Waals surface area contributed by atoms with Gasteiger partial charge in [0.05, 0.1) is 37.1 Å². The summed E-state index contributed by atoms with van der Waals surface area (Å²) in [5, 5.41) is 8.82. The van der Waals surface area contributed by atoms with Gasteiger partial charge in [-0.05, 0) is 36.4 Å². The summed E-state index contributed by atoms with van der Waals surface area (Å²) in [5.74, 6) is 1.53. The van der Waals surface area contributed by atoms with E-state index in [4.69, 9.17) is 24.6 Å². The number of ether oxygens (including phenoxy) is 2. The maximum Gasteiger partial charge on any atom is 0.274 e. The molecule has 10 nitrogen and oxygen atoms in total. The van der Waals surface area contributed by atoms with Crippen molar-refractivity contribution < 1.29 is 19.5 Å². The molecule has 2 N–H and O–H groups in total. The summed E-state index contributed by atoms with van der Waals surface area (Å²) >= 11 is 1.68. The van der Waals surface area contributed by atoms with Gasteiger partial charge in [-0.3, -0.25) is 10.0 Å². The zero-order valence-electron chi connectivity index (χ0n) is 20.0. The van der Waals surface area contributed by atoms with Crippen molar-refractivity contribution in [2.45, 2.75) is 6.54 Å². The van der Waals surface area contributed by atoms with Crippen LogP contribution in [0.3, 0.4) is 0 Å². The van der Waals surface area contributed by atoms with Crippen molar-refractivity contribution in [1.82, 2.24) is 20.4 Å². The molecule has 186 valence electrons. The molecule has 1 aliphatic heterocycles. The quantitative estimate of drug-likeness (QED) is 0.288. The first-order valence-electron chi connectivity index (χ1n) is 11.4. The van der Waals surface area contributed by atoms with Gasteiger partial charge < -0.3 is 19.3 Å². The fourth-order valence-corrected chi connectivity index (χ4v) is 5.22. The predicted octanol–water partition coefficient (Wildman–Crippen LogP) is 3.35. The molecule has 0 aliphatic carbocycles. The number of rotatable bonds is 7. The van der Waals surface area contributed by atoms with Crippen molar-refractivity contribution in [3.05, 3.63) is 59.1 Å². The number of nitrogens with zero attached hydrogens (tertiary/aromatic N) is 5. The number of morpholine rings is 1. The maximum absolute atomic E-state index is 11.6. The third kappa shape index (κ3) is 4.94. The fraction of sp³-hybridized carbons (Fsp3) is 0.280. The van der Waals surface area contributed by atoms with E-state index < -0.39 is 5.91 Å². The number of thiophene rings is 1. The number of methoxy groups -OCH3 is 1. The van der Waals surface area contributed by atoms with E-state index in [1.54, 1.807) is 48.3 Å². The van der Waals surface area contributed by atoms with Crippen LogP contribution in [0.2, 0.25) is 0 Å². The highest BCUT2D eigenvalue weighted by Gasteiger charge is 2.21. The van der Waals surface area contributed by atoms with Crippen LogP contribution in [0.15, 0.2) is 48.7 Å². The summed E-state index contributed by atoms with van der Waals surface area (Å²) in [6.45, 7) is 3.53. The lowest BCUT2D eigenvalue weighted by Crippen LogP contribution is -2.36. The topological polar surface area (TPSA) is 113 Å². The molecule has 0 spiro atoms. The van der Waals surface area contributed by atoms with Crippen molar-refractivity contribution in [3.8, 4) is 17.3 Å². The number of hydrogen-bond donors (Lipinski definition) is 2. The second kappa shape index (κ2) is 10.4. The lowest BCUT2D eigenvalue weighted by molar-refractivity contribution is 0.0706. The third-order valence-corrected chi connectivity index (χ3v) is 7.09. The smallest absolute Gasteiger partial charge is 0.274 e. The molecular weight excluding hydrogens is 480 g/mol. The third-order valence-electron chi connectivity index (χ3n) is 5.98. The summed E-state index contributed by atoms with van der Waals surface area (Å²) in [5.41, 5.74) is 4.71. The van der Waals surface area contributed by atoms with Gasteiger partial charge in [-0.1, -0.05) is 0 Å². The van der Waals surface area contributed by atoms with Gasteiger partial charge in [0.1, 0.15) is 0 Å².